The molecule has 0 aliphatic carbocycles. The lowest BCUT2D eigenvalue weighted by atomic mass is 10.1. The Bertz CT molecular complexity index is 1220. The lowest BCUT2D eigenvalue weighted by Crippen LogP contribution is -2.44. The average Bonchev–Trinajstić information content (AvgIpc) is 3.21. The number of carbonyl (C=O) groups is 1. The predicted molar refractivity (Wildman–Crippen MR) is 123 cm³/mol. The highest BCUT2D eigenvalue weighted by molar-refractivity contribution is 5.99. The van der Waals surface area contributed by atoms with Gasteiger partial charge < -0.3 is 14.5 Å². The first kappa shape index (κ1) is 20.3. The molecule has 2 aromatic heterocycles. The molecule has 0 saturated carbocycles. The van der Waals surface area contributed by atoms with Crippen LogP contribution in [0.4, 0.5) is 0 Å². The number of piperazine rings is 1. The number of aromatic nitrogens is 3. The highest BCUT2D eigenvalue weighted by atomic mass is 16.5. The summed E-state index contributed by atoms with van der Waals surface area (Å²) >= 11 is 0. The van der Waals surface area contributed by atoms with Crippen LogP contribution in [0, 0.1) is 6.92 Å². The quantitative estimate of drug-likeness (QED) is 0.745. The zero-order chi connectivity index (χ0) is 22.2. The normalized spacial score (nSPS) is 21.0. The maximum Gasteiger partial charge on any atom is 0.255 e. The Labute approximate surface area is 187 Å². The van der Waals surface area contributed by atoms with Gasteiger partial charge in [0.15, 0.2) is 0 Å². The molecule has 0 radical (unpaired) electrons. The number of amides is 1. The van der Waals surface area contributed by atoms with Gasteiger partial charge in [-0.2, -0.15) is 5.10 Å². The van der Waals surface area contributed by atoms with Crippen LogP contribution >= 0.6 is 0 Å². The van der Waals surface area contributed by atoms with E-state index < -0.39 is 0 Å². The van der Waals surface area contributed by atoms with Gasteiger partial charge in [0, 0.05) is 49.7 Å². The third kappa shape index (κ3) is 3.73. The minimum absolute atomic E-state index is 0.107. The third-order valence-electron chi connectivity index (χ3n) is 5.92. The molecule has 8 heteroatoms. The van der Waals surface area contributed by atoms with Gasteiger partial charge in [0.05, 0.1) is 30.4 Å². The van der Waals surface area contributed by atoms with Crippen LogP contribution in [0.3, 0.4) is 0 Å². The summed E-state index contributed by atoms with van der Waals surface area (Å²) in [5.74, 6) is 0.401. The van der Waals surface area contributed by atoms with Gasteiger partial charge in [-0.25, -0.2) is 9.50 Å². The van der Waals surface area contributed by atoms with Gasteiger partial charge in [-0.05, 0) is 38.3 Å². The molecule has 1 saturated heterocycles. The second-order valence-electron chi connectivity index (χ2n) is 8.19. The lowest BCUT2D eigenvalue weighted by molar-refractivity contribution is -0.122. The molecule has 0 bridgehead atoms. The van der Waals surface area contributed by atoms with E-state index in [1.165, 1.54) is 0 Å². The minimum Gasteiger partial charge on any atom is -0.479 e. The first-order chi connectivity index (χ1) is 15.5. The highest BCUT2D eigenvalue weighted by Crippen LogP contribution is 2.27. The van der Waals surface area contributed by atoms with Crippen molar-refractivity contribution in [1.82, 2.24) is 29.3 Å². The van der Waals surface area contributed by atoms with E-state index in [0.717, 1.165) is 54.4 Å². The van der Waals surface area contributed by atoms with Crippen LogP contribution in [0.5, 0.6) is 5.88 Å². The maximum absolute atomic E-state index is 13.3. The van der Waals surface area contributed by atoms with E-state index in [1.54, 1.807) is 22.6 Å². The molecule has 0 aromatic carbocycles. The van der Waals surface area contributed by atoms with Crippen LogP contribution < -0.4 is 4.74 Å². The summed E-state index contributed by atoms with van der Waals surface area (Å²) in [4.78, 5) is 24.0. The van der Waals surface area contributed by atoms with E-state index in [4.69, 9.17) is 4.74 Å². The van der Waals surface area contributed by atoms with E-state index in [0.29, 0.717) is 11.6 Å². The fourth-order valence-corrected chi connectivity index (χ4v) is 4.11. The molecule has 32 heavy (non-hydrogen) atoms. The molecule has 1 fully saturated rings. The molecule has 0 atom stereocenters. The van der Waals surface area contributed by atoms with Crippen LogP contribution in [-0.2, 0) is 4.79 Å². The third-order valence-corrected chi connectivity index (χ3v) is 5.92. The number of aryl methyl sites for hydroxylation is 1. The fraction of sp³-hybridized carbons (Fsp3) is 0.292. The summed E-state index contributed by atoms with van der Waals surface area (Å²) in [5, 5.41) is 4.66. The standard InChI is InChI=1S/C24H26N6O2/c1-17-15-30-22(24(25-17)32-3)14-21(26-30)18-5-4-6-19-7-8-20(16-29(19)23(31)13-18)28-11-9-27(2)10-12-28/h4-8,13-16H,9-12H2,1-3H3/b5-4?,18-13?,19-6+. The van der Waals surface area contributed by atoms with Crippen molar-refractivity contribution in [3.05, 3.63) is 77.7 Å². The van der Waals surface area contributed by atoms with Crippen LogP contribution in [0.1, 0.15) is 11.4 Å². The number of hydrogen-bond donors (Lipinski definition) is 0. The Kier molecular flexibility index (Phi) is 5.14. The molecular weight excluding hydrogens is 404 g/mol. The summed E-state index contributed by atoms with van der Waals surface area (Å²) < 4.78 is 7.15. The van der Waals surface area contributed by atoms with Gasteiger partial charge in [-0.15, -0.1) is 0 Å². The monoisotopic (exact) mass is 430 g/mol. The van der Waals surface area contributed by atoms with Crippen molar-refractivity contribution in [2.45, 2.75) is 6.92 Å². The van der Waals surface area contributed by atoms with Crippen molar-refractivity contribution < 1.29 is 9.53 Å². The zero-order valence-electron chi connectivity index (χ0n) is 18.5. The van der Waals surface area contributed by atoms with E-state index >= 15 is 0 Å². The van der Waals surface area contributed by atoms with Gasteiger partial charge in [-0.3, -0.25) is 9.69 Å². The molecule has 3 aliphatic heterocycles. The number of rotatable bonds is 3. The van der Waals surface area contributed by atoms with Crippen LogP contribution in [0.2, 0.25) is 0 Å². The molecule has 5 heterocycles. The van der Waals surface area contributed by atoms with Crippen molar-refractivity contribution >= 4 is 17.0 Å². The number of ether oxygens (including phenoxy) is 1. The number of hydrogen-bond acceptors (Lipinski definition) is 6. The number of carbonyl (C=O) groups excluding carboxylic acids is 1. The van der Waals surface area contributed by atoms with Crippen LogP contribution in [0.15, 0.2) is 66.3 Å². The van der Waals surface area contributed by atoms with Crippen molar-refractivity contribution in [2.75, 3.05) is 40.3 Å². The SMILES string of the molecule is COc1nc(C)cn2nc(C3=CC(=O)N4C=C(N5CCN(C)CC5)C=C/C4=C\C=C3)cc12. The molecular formula is C24H26N6O2. The summed E-state index contributed by atoms with van der Waals surface area (Å²) in [6.07, 6.45) is 15.3. The molecule has 5 rings (SSSR count). The first-order valence-corrected chi connectivity index (χ1v) is 10.7. The van der Waals surface area contributed by atoms with Gasteiger partial charge in [0.1, 0.15) is 5.52 Å². The van der Waals surface area contributed by atoms with Crippen molar-refractivity contribution in [3.8, 4) is 5.88 Å². The van der Waals surface area contributed by atoms with Crippen molar-refractivity contribution in [1.29, 1.82) is 0 Å². The number of methoxy groups -OCH3 is 1. The Balaban J connectivity index is 1.48. The predicted octanol–water partition coefficient (Wildman–Crippen LogP) is 2.37. The van der Waals surface area contributed by atoms with E-state index in [2.05, 4.69) is 33.0 Å². The molecule has 3 aliphatic rings. The molecule has 1 amide bonds. The smallest absolute Gasteiger partial charge is 0.255 e. The van der Waals surface area contributed by atoms with Gasteiger partial charge in [-0.1, -0.05) is 12.2 Å². The number of allylic oxidation sites excluding steroid dienone is 6. The molecule has 0 N–H and O–H groups in total. The minimum atomic E-state index is -0.107. The Morgan fingerprint density at radius 2 is 1.84 bits per heavy atom. The topological polar surface area (TPSA) is 66.2 Å². The van der Waals surface area contributed by atoms with Crippen molar-refractivity contribution in [2.24, 2.45) is 0 Å². The maximum atomic E-state index is 13.3. The van der Waals surface area contributed by atoms with Gasteiger partial charge in [0.2, 0.25) is 5.88 Å². The van der Waals surface area contributed by atoms with Crippen LogP contribution in [-0.4, -0.2) is 75.5 Å². The van der Waals surface area contributed by atoms with Gasteiger partial charge in [0.25, 0.3) is 5.91 Å². The molecule has 0 unspecified atom stereocenters. The molecule has 8 nitrogen and oxygen atoms in total. The second-order valence-corrected chi connectivity index (χ2v) is 8.19. The van der Waals surface area contributed by atoms with E-state index in [-0.39, 0.29) is 5.91 Å². The molecule has 0 spiro atoms. The Morgan fingerprint density at radius 1 is 1.06 bits per heavy atom. The summed E-state index contributed by atoms with van der Waals surface area (Å²) in [6.45, 7) is 5.82. The number of likely N-dealkylation sites (N-methyl/N-ethyl adjacent to an activating group) is 1. The Hall–Kier alpha value is -3.65. The molecule has 164 valence electrons. The number of fused-ring (bicyclic) bond motifs is 2. The van der Waals surface area contributed by atoms with E-state index in [1.807, 2.05) is 49.7 Å². The fourth-order valence-electron chi connectivity index (χ4n) is 4.11. The number of nitrogens with zero attached hydrogens (tertiary/aromatic N) is 6. The summed E-state index contributed by atoms with van der Waals surface area (Å²) in [6, 6.07) is 1.89. The average molecular weight is 431 g/mol. The molecule has 2 aromatic rings. The second kappa shape index (κ2) is 8.12. The van der Waals surface area contributed by atoms with Gasteiger partial charge >= 0.3 is 0 Å². The summed E-state index contributed by atoms with van der Waals surface area (Å²) in [5.41, 5.74) is 4.88. The Morgan fingerprint density at radius 3 is 2.62 bits per heavy atom. The first-order valence-electron chi connectivity index (χ1n) is 10.7. The zero-order valence-corrected chi connectivity index (χ0v) is 18.5. The van der Waals surface area contributed by atoms with Crippen molar-refractivity contribution in [3.63, 3.8) is 0 Å². The van der Waals surface area contributed by atoms with Crippen LogP contribution in [0.25, 0.3) is 11.1 Å². The highest BCUT2D eigenvalue weighted by Gasteiger charge is 2.23. The van der Waals surface area contributed by atoms with E-state index in [9.17, 15) is 4.79 Å². The lowest BCUT2D eigenvalue weighted by Gasteiger charge is -2.36. The largest absolute Gasteiger partial charge is 0.479 e. The summed E-state index contributed by atoms with van der Waals surface area (Å²) in [7, 11) is 3.73.